The van der Waals surface area contributed by atoms with Crippen molar-refractivity contribution in [3.05, 3.63) is 90.2 Å². The molecule has 196 valence electrons. The lowest BCUT2D eigenvalue weighted by molar-refractivity contribution is -0.659. The van der Waals surface area contributed by atoms with Gasteiger partial charge >= 0.3 is 6.09 Å². The fraction of sp³-hybridized carbons (Fsp3) is 0.214. The number of carbonyl (C=O) groups excluding carboxylic acids is 1. The van der Waals surface area contributed by atoms with Crippen molar-refractivity contribution in [2.75, 3.05) is 12.4 Å². The van der Waals surface area contributed by atoms with Gasteiger partial charge in [-0.05, 0) is 54.3 Å². The Balaban J connectivity index is 1.27. The number of nitrogens with zero attached hydrogens (tertiary/aromatic N) is 6. The lowest BCUT2D eigenvalue weighted by Crippen LogP contribution is -2.32. The van der Waals surface area contributed by atoms with E-state index in [-0.39, 0.29) is 6.04 Å². The van der Waals surface area contributed by atoms with E-state index < -0.39 is 6.09 Å². The Hall–Kier alpha value is -4.57. The van der Waals surface area contributed by atoms with Crippen molar-refractivity contribution < 1.29 is 14.2 Å². The molecule has 0 bridgehead atoms. The molecule has 1 aliphatic carbocycles. The first-order chi connectivity index (χ1) is 19.1. The van der Waals surface area contributed by atoms with Crippen molar-refractivity contribution in [1.82, 2.24) is 30.3 Å². The number of nitrogens with one attached hydrogen (secondary N) is 2. The zero-order valence-corrected chi connectivity index (χ0v) is 21.9. The first-order valence-electron chi connectivity index (χ1n) is 12.6. The molecule has 3 aromatic heterocycles. The summed E-state index contributed by atoms with van der Waals surface area (Å²) in [5, 5.41) is 18.5. The van der Waals surface area contributed by atoms with Crippen LogP contribution in [0.25, 0.3) is 27.9 Å². The maximum Gasteiger partial charge on any atom is 0.411 e. The van der Waals surface area contributed by atoms with Gasteiger partial charge in [-0.25, -0.2) is 4.79 Å². The van der Waals surface area contributed by atoms with Crippen LogP contribution in [0.1, 0.15) is 31.0 Å². The van der Waals surface area contributed by atoms with Crippen molar-refractivity contribution in [3.8, 4) is 27.9 Å². The van der Waals surface area contributed by atoms with E-state index in [1.54, 1.807) is 11.0 Å². The fourth-order valence-corrected chi connectivity index (χ4v) is 4.78. The number of carbonyl (C=O) groups is 1. The van der Waals surface area contributed by atoms with Gasteiger partial charge in [-0.3, -0.25) is 15.0 Å². The number of ether oxygens (including phenoxy) is 1. The van der Waals surface area contributed by atoms with Crippen molar-refractivity contribution in [3.63, 3.8) is 0 Å². The molecule has 0 spiro atoms. The van der Waals surface area contributed by atoms with Crippen LogP contribution in [-0.4, -0.2) is 43.5 Å². The SMILES string of the molecule is COC(=O)Nc1ccc(-c2cnn(C(CC3CC3)c3ccc(-c4ccc(Cl)cc4-[n+]4cnn[nH]4)cn3)c2)cc1. The molecule has 0 aliphatic heterocycles. The fourth-order valence-electron chi connectivity index (χ4n) is 4.61. The van der Waals surface area contributed by atoms with Gasteiger partial charge < -0.3 is 4.74 Å². The van der Waals surface area contributed by atoms with Crippen LogP contribution in [0.4, 0.5) is 10.5 Å². The molecule has 6 rings (SSSR count). The molecule has 1 atom stereocenters. The molecule has 11 heteroatoms. The molecule has 0 radical (unpaired) electrons. The van der Waals surface area contributed by atoms with Gasteiger partial charge in [0.05, 0.1) is 25.0 Å². The minimum absolute atomic E-state index is 0.0245. The molecular weight excluding hydrogens is 516 g/mol. The molecule has 1 aliphatic rings. The smallest absolute Gasteiger partial charge is 0.411 e. The highest BCUT2D eigenvalue weighted by Gasteiger charge is 2.29. The second-order valence-electron chi connectivity index (χ2n) is 9.53. The first-order valence-corrected chi connectivity index (χ1v) is 13.0. The van der Waals surface area contributed by atoms with Gasteiger partial charge in [-0.1, -0.05) is 47.9 Å². The Bertz CT molecular complexity index is 1580. The van der Waals surface area contributed by atoms with E-state index in [1.807, 2.05) is 59.5 Å². The molecule has 39 heavy (non-hydrogen) atoms. The number of anilines is 1. The molecule has 5 aromatic rings. The van der Waals surface area contributed by atoms with E-state index in [4.69, 9.17) is 21.7 Å². The van der Waals surface area contributed by atoms with Gasteiger partial charge in [0, 0.05) is 39.8 Å². The lowest BCUT2D eigenvalue weighted by Gasteiger charge is -2.17. The predicted molar refractivity (Wildman–Crippen MR) is 145 cm³/mol. The second kappa shape index (κ2) is 10.7. The maximum absolute atomic E-state index is 11.5. The number of aromatic nitrogens is 7. The standard InChI is InChI=1S/C28H25ClN8O2/c1-39-28(38)33-23-8-4-19(5-9-23)21-15-32-36(16-21)27(12-18-2-3-18)25-11-6-20(14-30-25)24-10-7-22(29)13-26(24)37-17-31-34-35-37/h4-11,13-18,27H,2-3,12H2,1H3,(H,33,38)/p+1. The highest BCUT2D eigenvalue weighted by molar-refractivity contribution is 6.30. The number of pyridine rings is 1. The van der Waals surface area contributed by atoms with E-state index in [2.05, 4.69) is 43.9 Å². The Labute approximate surface area is 229 Å². The van der Waals surface area contributed by atoms with Gasteiger partial charge in [-0.15, -0.1) is 4.68 Å². The third kappa shape index (κ3) is 5.51. The third-order valence-electron chi connectivity index (χ3n) is 6.86. The first kappa shape index (κ1) is 24.7. The van der Waals surface area contributed by atoms with Gasteiger partial charge in [0.15, 0.2) is 5.21 Å². The predicted octanol–water partition coefficient (Wildman–Crippen LogP) is 5.23. The third-order valence-corrected chi connectivity index (χ3v) is 7.09. The molecule has 1 fully saturated rings. The number of halogens is 1. The normalized spacial score (nSPS) is 13.7. The number of benzene rings is 2. The summed E-state index contributed by atoms with van der Waals surface area (Å²) in [7, 11) is 1.34. The minimum Gasteiger partial charge on any atom is -0.453 e. The number of H-pyrrole nitrogens is 1. The van der Waals surface area contributed by atoms with Crippen molar-refractivity contribution in [2.24, 2.45) is 5.92 Å². The van der Waals surface area contributed by atoms with E-state index in [9.17, 15) is 4.79 Å². The number of rotatable bonds is 8. The highest BCUT2D eigenvalue weighted by atomic mass is 35.5. The number of tetrazole rings is 1. The largest absolute Gasteiger partial charge is 0.453 e. The van der Waals surface area contributed by atoms with Crippen LogP contribution in [0.3, 0.4) is 0 Å². The highest BCUT2D eigenvalue weighted by Crippen LogP contribution is 2.39. The summed E-state index contributed by atoms with van der Waals surface area (Å²) < 4.78 is 8.38. The number of hydrogen-bond donors (Lipinski definition) is 2. The Morgan fingerprint density at radius 3 is 2.64 bits per heavy atom. The molecule has 3 heterocycles. The molecular formula is C28H26ClN8O2+. The van der Waals surface area contributed by atoms with Crippen molar-refractivity contribution >= 4 is 23.4 Å². The van der Waals surface area contributed by atoms with Crippen LogP contribution in [-0.2, 0) is 4.74 Å². The van der Waals surface area contributed by atoms with Crippen molar-refractivity contribution in [2.45, 2.75) is 25.3 Å². The Morgan fingerprint density at radius 1 is 1.13 bits per heavy atom. The topological polar surface area (TPSA) is 114 Å². The zero-order valence-electron chi connectivity index (χ0n) is 21.2. The average molecular weight is 542 g/mol. The van der Waals surface area contributed by atoms with Crippen molar-refractivity contribution in [1.29, 1.82) is 0 Å². The van der Waals surface area contributed by atoms with Crippen LogP contribution in [0, 0.1) is 5.92 Å². The maximum atomic E-state index is 11.5. The summed E-state index contributed by atoms with van der Waals surface area (Å²) in [4.78, 5) is 16.4. The monoisotopic (exact) mass is 541 g/mol. The van der Waals surface area contributed by atoms with Crippen LogP contribution in [0.2, 0.25) is 5.02 Å². The zero-order chi connectivity index (χ0) is 26.8. The van der Waals surface area contributed by atoms with Gasteiger partial charge in [0.1, 0.15) is 10.8 Å². The minimum atomic E-state index is -0.499. The summed E-state index contributed by atoms with van der Waals surface area (Å²) in [5.41, 5.74) is 6.38. The summed E-state index contributed by atoms with van der Waals surface area (Å²) in [6.07, 6.45) is 10.4. The van der Waals surface area contributed by atoms with Gasteiger partial charge in [0.2, 0.25) is 0 Å². The number of aromatic amines is 1. The summed E-state index contributed by atoms with van der Waals surface area (Å²) in [6.45, 7) is 0. The number of methoxy groups -OCH3 is 1. The van der Waals surface area contributed by atoms with Crippen LogP contribution >= 0.6 is 11.6 Å². The van der Waals surface area contributed by atoms with E-state index >= 15 is 0 Å². The molecule has 10 nitrogen and oxygen atoms in total. The average Bonchev–Trinajstić information content (AvgIpc) is 3.39. The Kier molecular flexibility index (Phi) is 6.76. The number of amides is 1. The molecule has 0 saturated heterocycles. The summed E-state index contributed by atoms with van der Waals surface area (Å²) in [5.74, 6) is 0.681. The molecule has 1 amide bonds. The van der Waals surface area contributed by atoms with E-state index in [0.717, 1.165) is 40.1 Å². The van der Waals surface area contributed by atoms with Crippen LogP contribution in [0.5, 0.6) is 0 Å². The molecule has 1 saturated carbocycles. The summed E-state index contributed by atoms with van der Waals surface area (Å²) >= 11 is 6.27. The second-order valence-corrected chi connectivity index (χ2v) is 9.97. The quantitative estimate of drug-likeness (QED) is 0.260. The van der Waals surface area contributed by atoms with Gasteiger partial charge in [-0.2, -0.15) is 5.10 Å². The molecule has 2 aromatic carbocycles. The van der Waals surface area contributed by atoms with E-state index in [0.29, 0.717) is 16.6 Å². The lowest BCUT2D eigenvalue weighted by atomic mass is 10.0. The van der Waals surface area contributed by atoms with Gasteiger partial charge in [0.25, 0.3) is 6.33 Å². The van der Waals surface area contributed by atoms with Crippen LogP contribution in [0.15, 0.2) is 79.5 Å². The van der Waals surface area contributed by atoms with Crippen LogP contribution < -0.4 is 10.00 Å². The number of hydrogen-bond acceptors (Lipinski definition) is 6. The molecule has 2 N–H and O–H groups in total. The molecule has 1 unspecified atom stereocenters. The summed E-state index contributed by atoms with van der Waals surface area (Å²) in [6, 6.07) is 17.5. The Morgan fingerprint density at radius 2 is 1.95 bits per heavy atom. The van der Waals surface area contributed by atoms with E-state index in [1.165, 1.54) is 20.0 Å².